The first-order chi connectivity index (χ1) is 13.8. The third-order valence-electron chi connectivity index (χ3n) is 6.37. The van der Waals surface area contributed by atoms with Crippen LogP contribution < -0.4 is 27.7 Å². The van der Waals surface area contributed by atoms with Gasteiger partial charge in [0, 0.05) is 37.8 Å². The molecule has 0 amide bonds. The van der Waals surface area contributed by atoms with Crippen LogP contribution in [0, 0.1) is 24.6 Å². The molecule has 4 rings (SSSR count). The molecule has 2 aliphatic rings. The van der Waals surface area contributed by atoms with Gasteiger partial charge in [0.05, 0.1) is 23.2 Å². The largest absolute Gasteiger partial charge is 0.383 e. The molecule has 3 atom stereocenters. The van der Waals surface area contributed by atoms with Crippen LogP contribution in [-0.4, -0.2) is 42.1 Å². The van der Waals surface area contributed by atoms with E-state index in [0.29, 0.717) is 41.1 Å². The van der Waals surface area contributed by atoms with Gasteiger partial charge in [-0.1, -0.05) is 6.92 Å². The molecule has 2 aromatic rings. The Hall–Kier alpha value is -2.39. The van der Waals surface area contributed by atoms with E-state index in [1.807, 2.05) is 4.90 Å². The highest BCUT2D eigenvalue weighted by Crippen LogP contribution is 2.40. The summed E-state index contributed by atoms with van der Waals surface area (Å²) in [6, 6.07) is 1.07. The van der Waals surface area contributed by atoms with Crippen LogP contribution in [0.2, 0.25) is 0 Å². The maximum absolute atomic E-state index is 15.2. The Balaban J connectivity index is 1.87. The molecule has 0 unspecified atom stereocenters. The van der Waals surface area contributed by atoms with Crippen molar-refractivity contribution >= 4 is 16.6 Å². The molecule has 1 saturated heterocycles. The van der Waals surface area contributed by atoms with Crippen LogP contribution in [0.1, 0.15) is 31.4 Å². The predicted molar refractivity (Wildman–Crippen MR) is 110 cm³/mol. The van der Waals surface area contributed by atoms with Crippen molar-refractivity contribution in [2.45, 2.75) is 38.8 Å². The first-order valence-corrected chi connectivity index (χ1v) is 10.0. The van der Waals surface area contributed by atoms with Crippen molar-refractivity contribution < 1.29 is 9.13 Å². The summed E-state index contributed by atoms with van der Waals surface area (Å²) in [4.78, 5) is 27.2. The lowest BCUT2D eigenvalue weighted by Gasteiger charge is -2.25. The fourth-order valence-corrected chi connectivity index (χ4v) is 4.77. The summed E-state index contributed by atoms with van der Waals surface area (Å²) in [6.07, 6.45) is 1.68. The molecule has 29 heavy (non-hydrogen) atoms. The number of rotatable bonds is 5. The van der Waals surface area contributed by atoms with Crippen molar-refractivity contribution in [2.75, 3.05) is 37.5 Å². The highest BCUT2D eigenvalue weighted by molar-refractivity contribution is 5.87. The van der Waals surface area contributed by atoms with E-state index in [0.717, 1.165) is 12.8 Å². The van der Waals surface area contributed by atoms with E-state index < -0.39 is 17.1 Å². The minimum absolute atomic E-state index is 0.00205. The first-order valence-electron chi connectivity index (χ1n) is 10.0. The summed E-state index contributed by atoms with van der Waals surface area (Å²) >= 11 is 0. The Kier molecular flexibility index (Phi) is 4.90. The van der Waals surface area contributed by atoms with E-state index in [-0.39, 0.29) is 29.3 Å². The second kappa shape index (κ2) is 7.14. The van der Waals surface area contributed by atoms with Crippen LogP contribution in [0.4, 0.5) is 10.1 Å². The number of halogens is 1. The number of methoxy groups -OCH3 is 1. The van der Waals surface area contributed by atoms with Gasteiger partial charge in [0.2, 0.25) is 0 Å². The van der Waals surface area contributed by atoms with Gasteiger partial charge in [-0.05, 0) is 37.7 Å². The van der Waals surface area contributed by atoms with Crippen LogP contribution in [0.15, 0.2) is 15.7 Å². The molecule has 0 bridgehead atoms. The smallest absolute Gasteiger partial charge is 0.350 e. The second-order valence-electron chi connectivity index (χ2n) is 8.45. The Morgan fingerprint density at radius 1 is 1.31 bits per heavy atom. The number of nitrogen functional groups attached to an aromatic ring is 1. The third-order valence-corrected chi connectivity index (χ3v) is 6.37. The van der Waals surface area contributed by atoms with Gasteiger partial charge in [-0.15, -0.1) is 0 Å². The fraction of sp³-hybridized carbons (Fsp3) is 0.600. The molecule has 0 radical (unpaired) electrons. The zero-order chi connectivity index (χ0) is 21.0. The molecule has 2 heterocycles. The van der Waals surface area contributed by atoms with Crippen molar-refractivity contribution in [2.24, 2.45) is 17.6 Å². The Labute approximate surface area is 167 Å². The monoisotopic (exact) mass is 405 g/mol. The van der Waals surface area contributed by atoms with Crippen LogP contribution in [-0.2, 0) is 4.74 Å². The average molecular weight is 405 g/mol. The fourth-order valence-electron chi connectivity index (χ4n) is 4.77. The van der Waals surface area contributed by atoms with Crippen LogP contribution in [0.5, 0.6) is 0 Å². The standard InChI is InChI=1S/C20H28FN5O3/c1-10-7-24(8-14(10)16(22)9-29-3)18-11(2)17-13(6-15(18)21)19(27)26(23)20(28)25(17)12-4-5-12/h6,10,12,14,16H,4-5,7-9,22-23H2,1-3H3/t10-,14+,16+/m1/s1. The van der Waals surface area contributed by atoms with Gasteiger partial charge in [0.15, 0.2) is 0 Å². The molecule has 1 aliphatic heterocycles. The zero-order valence-electron chi connectivity index (χ0n) is 17.0. The summed E-state index contributed by atoms with van der Waals surface area (Å²) in [5, 5.41) is 0.137. The predicted octanol–water partition coefficient (Wildman–Crippen LogP) is 0.705. The Bertz CT molecular complexity index is 1070. The van der Waals surface area contributed by atoms with Gasteiger partial charge in [-0.25, -0.2) is 9.18 Å². The molecule has 2 fully saturated rings. The van der Waals surface area contributed by atoms with E-state index in [2.05, 4.69) is 6.92 Å². The Morgan fingerprint density at radius 2 is 2.00 bits per heavy atom. The van der Waals surface area contributed by atoms with E-state index in [4.69, 9.17) is 16.3 Å². The van der Waals surface area contributed by atoms with Gasteiger partial charge in [0.25, 0.3) is 5.56 Å². The minimum atomic E-state index is -0.676. The van der Waals surface area contributed by atoms with Crippen LogP contribution in [0.3, 0.4) is 0 Å². The molecule has 1 aromatic heterocycles. The summed E-state index contributed by atoms with van der Waals surface area (Å²) in [5.74, 6) is 5.62. The normalized spacial score (nSPS) is 23.1. The summed E-state index contributed by atoms with van der Waals surface area (Å²) in [7, 11) is 1.62. The Morgan fingerprint density at radius 3 is 2.62 bits per heavy atom. The molecule has 1 saturated carbocycles. The average Bonchev–Trinajstić information content (AvgIpc) is 3.43. The molecule has 4 N–H and O–H groups in total. The van der Waals surface area contributed by atoms with Crippen molar-refractivity contribution in [3.63, 3.8) is 0 Å². The second-order valence-corrected chi connectivity index (χ2v) is 8.45. The van der Waals surface area contributed by atoms with Crippen molar-refractivity contribution in [3.05, 3.63) is 38.3 Å². The van der Waals surface area contributed by atoms with E-state index in [1.54, 1.807) is 18.6 Å². The van der Waals surface area contributed by atoms with Crippen LogP contribution in [0.25, 0.3) is 10.9 Å². The quantitative estimate of drug-likeness (QED) is 0.709. The number of hydrogen-bond acceptors (Lipinski definition) is 6. The molecule has 158 valence electrons. The zero-order valence-corrected chi connectivity index (χ0v) is 17.0. The molecular weight excluding hydrogens is 377 g/mol. The third kappa shape index (κ3) is 3.12. The van der Waals surface area contributed by atoms with E-state index >= 15 is 4.39 Å². The van der Waals surface area contributed by atoms with E-state index in [9.17, 15) is 9.59 Å². The van der Waals surface area contributed by atoms with Crippen molar-refractivity contribution in [1.82, 2.24) is 9.24 Å². The number of fused-ring (bicyclic) bond motifs is 1. The van der Waals surface area contributed by atoms with Crippen LogP contribution >= 0.6 is 0 Å². The van der Waals surface area contributed by atoms with E-state index in [1.165, 1.54) is 6.07 Å². The van der Waals surface area contributed by atoms with Gasteiger partial charge >= 0.3 is 5.69 Å². The number of anilines is 1. The van der Waals surface area contributed by atoms with Crippen molar-refractivity contribution in [1.29, 1.82) is 0 Å². The number of nitrogens with two attached hydrogens (primary N) is 2. The number of aromatic nitrogens is 2. The maximum atomic E-state index is 15.2. The highest BCUT2D eigenvalue weighted by Gasteiger charge is 2.37. The maximum Gasteiger partial charge on any atom is 0.350 e. The minimum Gasteiger partial charge on any atom is -0.383 e. The molecular formula is C20H28FN5O3. The lowest BCUT2D eigenvalue weighted by molar-refractivity contribution is 0.152. The molecule has 9 heteroatoms. The van der Waals surface area contributed by atoms with Crippen molar-refractivity contribution in [3.8, 4) is 0 Å². The molecule has 1 aromatic carbocycles. The summed E-state index contributed by atoms with van der Waals surface area (Å²) < 4.78 is 22.6. The number of aryl methyl sites for hydroxylation is 1. The number of ether oxygens (including phenoxy) is 1. The number of hydrogen-bond donors (Lipinski definition) is 2. The SMILES string of the molecule is COC[C@H](N)[C@H]1CN(c2c(F)cc3c(=O)n(N)c(=O)n(C4CC4)c3c2C)C[C@H]1C. The first kappa shape index (κ1) is 19.9. The lowest BCUT2D eigenvalue weighted by atomic mass is 9.91. The molecule has 0 spiro atoms. The topological polar surface area (TPSA) is 109 Å². The molecule has 8 nitrogen and oxygen atoms in total. The highest BCUT2D eigenvalue weighted by atomic mass is 19.1. The molecule has 1 aliphatic carbocycles. The van der Waals surface area contributed by atoms with Gasteiger partial charge in [-0.2, -0.15) is 4.68 Å². The lowest BCUT2D eigenvalue weighted by Crippen LogP contribution is -2.44. The van der Waals surface area contributed by atoms with Gasteiger partial charge < -0.3 is 21.2 Å². The number of nitrogens with zero attached hydrogens (tertiary/aromatic N) is 3. The van der Waals surface area contributed by atoms with Gasteiger partial charge in [0.1, 0.15) is 5.82 Å². The van der Waals surface area contributed by atoms with Gasteiger partial charge in [-0.3, -0.25) is 9.36 Å². The summed E-state index contributed by atoms with van der Waals surface area (Å²) in [6.45, 7) is 5.55. The number of benzene rings is 1. The summed E-state index contributed by atoms with van der Waals surface area (Å²) in [5.41, 5.74) is 6.54.